The Morgan fingerprint density at radius 1 is 1.19 bits per heavy atom. The molecule has 1 saturated carbocycles. The summed E-state index contributed by atoms with van der Waals surface area (Å²) in [6.45, 7) is 5.80. The van der Waals surface area contributed by atoms with Gasteiger partial charge in [0.15, 0.2) is 0 Å². The van der Waals surface area contributed by atoms with Gasteiger partial charge in [-0.2, -0.15) is 0 Å². The second-order valence-corrected chi connectivity index (χ2v) is 5.70. The fraction of sp³-hybridized carbons (Fsp3) is 1.00. The van der Waals surface area contributed by atoms with Crippen molar-refractivity contribution in [1.29, 1.82) is 0 Å². The van der Waals surface area contributed by atoms with E-state index in [1.165, 1.54) is 51.7 Å². The molecule has 1 N–H and O–H groups in total. The van der Waals surface area contributed by atoms with Gasteiger partial charge in [0, 0.05) is 31.8 Å². The van der Waals surface area contributed by atoms with Gasteiger partial charge < -0.3 is 10.1 Å². The van der Waals surface area contributed by atoms with E-state index in [0.29, 0.717) is 0 Å². The summed E-state index contributed by atoms with van der Waals surface area (Å²) in [6, 6.07) is 1.67. The van der Waals surface area contributed by atoms with Crippen LogP contribution in [0.2, 0.25) is 0 Å². The first-order valence-electron chi connectivity index (χ1n) is 6.97. The van der Waals surface area contributed by atoms with Crippen LogP contribution in [-0.4, -0.2) is 49.8 Å². The summed E-state index contributed by atoms with van der Waals surface area (Å²) >= 11 is 0. The number of hydrogen-bond donors (Lipinski definition) is 1. The molecule has 0 radical (unpaired) electrons. The van der Waals surface area contributed by atoms with Gasteiger partial charge in [-0.05, 0) is 44.6 Å². The van der Waals surface area contributed by atoms with E-state index in [0.717, 1.165) is 31.2 Å². The molecule has 3 nitrogen and oxygen atoms in total. The van der Waals surface area contributed by atoms with Crippen LogP contribution in [0.3, 0.4) is 0 Å². The maximum Gasteiger partial charge on any atom is 0.0507 e. The van der Waals surface area contributed by atoms with E-state index in [1.807, 2.05) is 0 Å². The molecule has 0 bridgehead atoms. The molecule has 0 amide bonds. The summed E-state index contributed by atoms with van der Waals surface area (Å²) in [5, 5.41) is 3.68. The minimum atomic E-state index is 0.807. The quantitative estimate of drug-likeness (QED) is 0.760. The fourth-order valence-corrected chi connectivity index (χ4v) is 3.02. The van der Waals surface area contributed by atoms with Gasteiger partial charge in [-0.1, -0.05) is 0 Å². The Morgan fingerprint density at radius 3 is 2.88 bits per heavy atom. The first-order chi connectivity index (χ1) is 7.92. The third-order valence-electron chi connectivity index (χ3n) is 4.24. The molecule has 3 rings (SSSR count). The Kier molecular flexibility index (Phi) is 3.46. The molecule has 3 aliphatic rings. The highest BCUT2D eigenvalue weighted by atomic mass is 16.5. The zero-order valence-corrected chi connectivity index (χ0v) is 10.2. The van der Waals surface area contributed by atoms with Gasteiger partial charge in [-0.25, -0.2) is 0 Å². The lowest BCUT2D eigenvalue weighted by Gasteiger charge is -2.27. The van der Waals surface area contributed by atoms with Gasteiger partial charge >= 0.3 is 0 Å². The molecule has 3 heteroatoms. The first kappa shape index (κ1) is 11.0. The number of likely N-dealkylation sites (tertiary alicyclic amines) is 1. The maximum atomic E-state index is 5.47. The molecule has 2 atom stereocenters. The number of nitrogens with zero attached hydrogens (tertiary/aromatic N) is 1. The van der Waals surface area contributed by atoms with E-state index in [4.69, 9.17) is 4.74 Å². The highest BCUT2D eigenvalue weighted by molar-refractivity contribution is 4.87. The lowest BCUT2D eigenvalue weighted by molar-refractivity contribution is 0.161. The highest BCUT2D eigenvalue weighted by Crippen LogP contribution is 2.23. The predicted octanol–water partition coefficient (Wildman–Crippen LogP) is 1.24. The average molecular weight is 224 g/mol. The summed E-state index contributed by atoms with van der Waals surface area (Å²) in [5.41, 5.74) is 0. The molecule has 0 spiro atoms. The zero-order chi connectivity index (χ0) is 10.8. The van der Waals surface area contributed by atoms with Gasteiger partial charge in [0.05, 0.1) is 6.61 Å². The van der Waals surface area contributed by atoms with Crippen molar-refractivity contribution >= 4 is 0 Å². The topological polar surface area (TPSA) is 24.5 Å². The van der Waals surface area contributed by atoms with Crippen molar-refractivity contribution in [2.75, 3.05) is 32.8 Å². The number of ether oxygens (including phenoxy) is 1. The first-order valence-corrected chi connectivity index (χ1v) is 6.97. The minimum Gasteiger partial charge on any atom is -0.381 e. The van der Waals surface area contributed by atoms with Crippen molar-refractivity contribution in [2.45, 2.75) is 44.2 Å². The summed E-state index contributed by atoms with van der Waals surface area (Å²) in [6.07, 6.45) is 6.88. The lowest BCUT2D eigenvalue weighted by atomic mass is 10.1. The molecule has 0 aromatic heterocycles. The van der Waals surface area contributed by atoms with Crippen molar-refractivity contribution in [2.24, 2.45) is 5.92 Å². The van der Waals surface area contributed by atoms with Crippen LogP contribution in [0.4, 0.5) is 0 Å². The van der Waals surface area contributed by atoms with Crippen molar-refractivity contribution in [3.05, 3.63) is 0 Å². The van der Waals surface area contributed by atoms with Crippen LogP contribution in [0.15, 0.2) is 0 Å². The average Bonchev–Trinajstić information content (AvgIpc) is 2.79. The van der Waals surface area contributed by atoms with Crippen molar-refractivity contribution < 1.29 is 4.74 Å². The van der Waals surface area contributed by atoms with Gasteiger partial charge in [-0.15, -0.1) is 0 Å². The number of rotatable bonds is 5. The predicted molar refractivity (Wildman–Crippen MR) is 64.5 cm³/mol. The van der Waals surface area contributed by atoms with E-state index in [9.17, 15) is 0 Å². The summed E-state index contributed by atoms with van der Waals surface area (Å²) < 4.78 is 5.47. The zero-order valence-electron chi connectivity index (χ0n) is 10.2. The number of nitrogens with one attached hydrogen (secondary N) is 1. The van der Waals surface area contributed by atoms with Crippen LogP contribution < -0.4 is 5.32 Å². The summed E-state index contributed by atoms with van der Waals surface area (Å²) in [4.78, 5) is 2.70. The Bertz CT molecular complexity index is 224. The highest BCUT2D eigenvalue weighted by Gasteiger charge is 2.29. The molecular formula is C13H24N2O. The van der Waals surface area contributed by atoms with Gasteiger partial charge in [0.2, 0.25) is 0 Å². The normalized spacial score (nSPS) is 36.0. The number of hydrogen-bond acceptors (Lipinski definition) is 3. The van der Waals surface area contributed by atoms with Gasteiger partial charge in [0.25, 0.3) is 0 Å². The molecule has 1 aliphatic carbocycles. The van der Waals surface area contributed by atoms with Crippen LogP contribution in [-0.2, 0) is 4.74 Å². The van der Waals surface area contributed by atoms with Crippen molar-refractivity contribution in [3.8, 4) is 0 Å². The fourth-order valence-electron chi connectivity index (χ4n) is 3.02. The largest absolute Gasteiger partial charge is 0.381 e. The van der Waals surface area contributed by atoms with E-state index in [2.05, 4.69) is 10.2 Å². The third-order valence-corrected chi connectivity index (χ3v) is 4.24. The van der Waals surface area contributed by atoms with Crippen LogP contribution in [0.25, 0.3) is 0 Å². The molecular weight excluding hydrogens is 200 g/mol. The van der Waals surface area contributed by atoms with Crippen LogP contribution in [0.5, 0.6) is 0 Å². The lowest BCUT2D eigenvalue weighted by Crippen LogP contribution is -2.41. The Labute approximate surface area is 98.5 Å². The van der Waals surface area contributed by atoms with E-state index >= 15 is 0 Å². The summed E-state index contributed by atoms with van der Waals surface area (Å²) in [7, 11) is 0. The van der Waals surface area contributed by atoms with E-state index in [1.54, 1.807) is 0 Å². The third kappa shape index (κ3) is 2.76. The SMILES string of the molecule is C1CC(CNC2CC2)N(CC2CCOC2)C1. The standard InChI is InChI=1S/C13H24N2O/c1-2-13(8-14-12-3-4-12)15(6-1)9-11-5-7-16-10-11/h11-14H,1-10H2. The minimum absolute atomic E-state index is 0.807. The van der Waals surface area contributed by atoms with Gasteiger partial charge in [-0.3, -0.25) is 4.90 Å². The van der Waals surface area contributed by atoms with Crippen LogP contribution in [0.1, 0.15) is 32.1 Å². The summed E-state index contributed by atoms with van der Waals surface area (Å²) in [5.74, 6) is 0.807. The molecule has 2 saturated heterocycles. The second kappa shape index (κ2) is 5.03. The van der Waals surface area contributed by atoms with Crippen LogP contribution >= 0.6 is 0 Å². The van der Waals surface area contributed by atoms with Crippen LogP contribution in [0, 0.1) is 5.92 Å². The maximum absolute atomic E-state index is 5.47. The monoisotopic (exact) mass is 224 g/mol. The second-order valence-electron chi connectivity index (χ2n) is 5.70. The smallest absolute Gasteiger partial charge is 0.0507 e. The Hall–Kier alpha value is -0.120. The molecule has 2 aliphatic heterocycles. The molecule has 16 heavy (non-hydrogen) atoms. The molecule has 0 aromatic carbocycles. The molecule has 3 fully saturated rings. The molecule has 92 valence electrons. The van der Waals surface area contributed by atoms with Crippen molar-refractivity contribution in [3.63, 3.8) is 0 Å². The molecule has 0 aromatic rings. The van der Waals surface area contributed by atoms with E-state index < -0.39 is 0 Å². The molecule has 2 heterocycles. The Morgan fingerprint density at radius 2 is 2.12 bits per heavy atom. The Balaban J connectivity index is 1.43. The van der Waals surface area contributed by atoms with Crippen molar-refractivity contribution in [1.82, 2.24) is 10.2 Å². The van der Waals surface area contributed by atoms with Gasteiger partial charge in [0.1, 0.15) is 0 Å². The van der Waals surface area contributed by atoms with E-state index in [-0.39, 0.29) is 0 Å². The molecule has 2 unspecified atom stereocenters.